The van der Waals surface area contributed by atoms with Crippen LogP contribution in [-0.4, -0.2) is 24.6 Å². The summed E-state index contributed by atoms with van der Waals surface area (Å²) in [7, 11) is 1.58. The number of hydrogen-bond acceptors (Lipinski definition) is 5. The molecule has 0 aliphatic heterocycles. The van der Waals surface area contributed by atoms with Crippen molar-refractivity contribution < 1.29 is 14.3 Å². The van der Waals surface area contributed by atoms with Crippen LogP contribution in [0.1, 0.15) is 0 Å². The fourth-order valence-corrected chi connectivity index (χ4v) is 2.94. The predicted octanol–water partition coefficient (Wildman–Crippen LogP) is 4.49. The summed E-state index contributed by atoms with van der Waals surface area (Å²) in [5, 5.41) is 5.79. The van der Waals surface area contributed by atoms with Crippen LogP contribution in [0.15, 0.2) is 53.9 Å². The van der Waals surface area contributed by atoms with E-state index in [1.54, 1.807) is 43.5 Å². The zero-order valence-electron chi connectivity index (χ0n) is 13.4. The van der Waals surface area contributed by atoms with Crippen LogP contribution in [0.4, 0.5) is 5.13 Å². The lowest BCUT2D eigenvalue weighted by Gasteiger charge is -2.07. The standard InChI is InChI=1S/C18H15ClN2O3S/c1-23-14-3-2-4-15(9-14)24-10-17(22)21-18-20-16(11-25-18)12-5-7-13(19)8-6-12/h2-9,11H,10H2,1H3,(H,20,21,22). The highest BCUT2D eigenvalue weighted by Gasteiger charge is 2.09. The highest BCUT2D eigenvalue weighted by molar-refractivity contribution is 7.14. The molecule has 3 rings (SSSR count). The molecular weight excluding hydrogens is 360 g/mol. The third kappa shape index (κ3) is 4.71. The molecule has 0 fully saturated rings. The number of halogens is 1. The number of amides is 1. The van der Waals surface area contributed by atoms with Gasteiger partial charge in [-0.2, -0.15) is 0 Å². The molecule has 0 spiro atoms. The molecule has 0 unspecified atom stereocenters. The maximum absolute atomic E-state index is 12.0. The van der Waals surface area contributed by atoms with Crippen LogP contribution < -0.4 is 14.8 Å². The first kappa shape index (κ1) is 17.3. The maximum Gasteiger partial charge on any atom is 0.264 e. The summed E-state index contributed by atoms with van der Waals surface area (Å²) in [6.45, 7) is -0.108. The smallest absolute Gasteiger partial charge is 0.264 e. The Balaban J connectivity index is 1.57. The Morgan fingerprint density at radius 2 is 1.96 bits per heavy atom. The van der Waals surface area contributed by atoms with Gasteiger partial charge in [-0.25, -0.2) is 4.98 Å². The van der Waals surface area contributed by atoms with Crippen molar-refractivity contribution in [3.05, 3.63) is 58.9 Å². The third-order valence-electron chi connectivity index (χ3n) is 3.30. The topological polar surface area (TPSA) is 60.5 Å². The Kier molecular flexibility index (Phi) is 5.53. The van der Waals surface area contributed by atoms with Gasteiger partial charge >= 0.3 is 0 Å². The van der Waals surface area contributed by atoms with E-state index in [0.29, 0.717) is 21.7 Å². The number of hydrogen-bond donors (Lipinski definition) is 1. The molecule has 25 heavy (non-hydrogen) atoms. The van der Waals surface area contributed by atoms with Crippen molar-refractivity contribution in [2.75, 3.05) is 19.0 Å². The molecular formula is C18H15ClN2O3S. The average Bonchev–Trinajstić information content (AvgIpc) is 3.09. The normalized spacial score (nSPS) is 10.3. The van der Waals surface area contributed by atoms with Gasteiger partial charge in [0.2, 0.25) is 0 Å². The van der Waals surface area contributed by atoms with Crippen molar-refractivity contribution in [3.63, 3.8) is 0 Å². The minimum atomic E-state index is -0.278. The largest absolute Gasteiger partial charge is 0.497 e. The first-order chi connectivity index (χ1) is 12.1. The van der Waals surface area contributed by atoms with Crippen molar-refractivity contribution >= 4 is 34.0 Å². The predicted molar refractivity (Wildman–Crippen MR) is 99.7 cm³/mol. The van der Waals surface area contributed by atoms with Gasteiger partial charge in [-0.3, -0.25) is 10.1 Å². The highest BCUT2D eigenvalue weighted by atomic mass is 35.5. The van der Waals surface area contributed by atoms with E-state index in [1.165, 1.54) is 11.3 Å². The van der Waals surface area contributed by atoms with Crippen LogP contribution in [-0.2, 0) is 4.79 Å². The summed E-state index contributed by atoms with van der Waals surface area (Å²) in [6, 6.07) is 14.5. The number of carbonyl (C=O) groups excluding carboxylic acids is 1. The van der Waals surface area contributed by atoms with E-state index < -0.39 is 0 Å². The van der Waals surface area contributed by atoms with Crippen molar-refractivity contribution in [2.24, 2.45) is 0 Å². The zero-order valence-corrected chi connectivity index (χ0v) is 14.9. The fourth-order valence-electron chi connectivity index (χ4n) is 2.08. The van der Waals surface area contributed by atoms with E-state index in [4.69, 9.17) is 21.1 Å². The van der Waals surface area contributed by atoms with Gasteiger partial charge in [0.1, 0.15) is 11.5 Å². The number of methoxy groups -OCH3 is 1. The number of anilines is 1. The number of benzene rings is 2. The van der Waals surface area contributed by atoms with E-state index in [2.05, 4.69) is 10.3 Å². The monoisotopic (exact) mass is 374 g/mol. The average molecular weight is 375 g/mol. The van der Waals surface area contributed by atoms with E-state index in [1.807, 2.05) is 17.5 Å². The molecule has 0 radical (unpaired) electrons. The van der Waals surface area contributed by atoms with Gasteiger partial charge in [0.05, 0.1) is 12.8 Å². The first-order valence-corrected chi connectivity index (χ1v) is 8.68. The van der Waals surface area contributed by atoms with Gasteiger partial charge in [0.15, 0.2) is 11.7 Å². The second-order valence-electron chi connectivity index (χ2n) is 5.06. The van der Waals surface area contributed by atoms with Gasteiger partial charge in [-0.1, -0.05) is 29.8 Å². The lowest BCUT2D eigenvalue weighted by molar-refractivity contribution is -0.118. The Morgan fingerprint density at radius 3 is 2.72 bits per heavy atom. The molecule has 2 aromatic carbocycles. The van der Waals surface area contributed by atoms with Gasteiger partial charge < -0.3 is 9.47 Å². The van der Waals surface area contributed by atoms with Gasteiger partial charge in [0.25, 0.3) is 5.91 Å². The Labute approximate surface area is 154 Å². The van der Waals surface area contributed by atoms with Crippen LogP contribution in [0.2, 0.25) is 5.02 Å². The first-order valence-electron chi connectivity index (χ1n) is 7.42. The molecule has 7 heteroatoms. The molecule has 128 valence electrons. The van der Waals surface area contributed by atoms with Crippen molar-refractivity contribution in [1.29, 1.82) is 0 Å². The molecule has 0 saturated carbocycles. The third-order valence-corrected chi connectivity index (χ3v) is 4.31. The number of rotatable bonds is 6. The van der Waals surface area contributed by atoms with E-state index in [0.717, 1.165) is 11.3 Å². The lowest BCUT2D eigenvalue weighted by Crippen LogP contribution is -2.20. The van der Waals surface area contributed by atoms with Crippen molar-refractivity contribution in [2.45, 2.75) is 0 Å². The minimum absolute atomic E-state index is 0.108. The van der Waals surface area contributed by atoms with Gasteiger partial charge in [0, 0.05) is 22.0 Å². The van der Waals surface area contributed by atoms with E-state index in [9.17, 15) is 4.79 Å². The second kappa shape index (κ2) is 8.00. The molecule has 1 aromatic heterocycles. The SMILES string of the molecule is COc1cccc(OCC(=O)Nc2nc(-c3ccc(Cl)cc3)cs2)c1. The molecule has 0 bridgehead atoms. The molecule has 0 saturated heterocycles. The van der Waals surface area contributed by atoms with Crippen LogP contribution >= 0.6 is 22.9 Å². The molecule has 3 aromatic rings. The molecule has 0 aliphatic rings. The maximum atomic E-state index is 12.0. The van der Waals surface area contributed by atoms with Gasteiger partial charge in [-0.05, 0) is 24.3 Å². The Bertz CT molecular complexity index is 865. The Hall–Kier alpha value is -2.57. The number of carbonyl (C=O) groups is 1. The summed E-state index contributed by atoms with van der Waals surface area (Å²) < 4.78 is 10.6. The molecule has 5 nitrogen and oxygen atoms in total. The van der Waals surface area contributed by atoms with Crippen LogP contribution in [0.5, 0.6) is 11.5 Å². The summed E-state index contributed by atoms with van der Waals surface area (Å²) >= 11 is 7.23. The number of thiazole rings is 1. The number of aromatic nitrogens is 1. The van der Waals surface area contributed by atoms with Gasteiger partial charge in [-0.15, -0.1) is 11.3 Å². The Morgan fingerprint density at radius 1 is 1.20 bits per heavy atom. The molecule has 1 amide bonds. The molecule has 0 atom stereocenters. The second-order valence-corrected chi connectivity index (χ2v) is 6.36. The minimum Gasteiger partial charge on any atom is -0.497 e. The lowest BCUT2D eigenvalue weighted by atomic mass is 10.2. The summed E-state index contributed by atoms with van der Waals surface area (Å²) in [4.78, 5) is 16.4. The molecule has 1 N–H and O–H groups in total. The quantitative estimate of drug-likeness (QED) is 0.690. The van der Waals surface area contributed by atoms with Crippen LogP contribution in [0.3, 0.4) is 0 Å². The van der Waals surface area contributed by atoms with Crippen LogP contribution in [0, 0.1) is 0 Å². The summed E-state index contributed by atoms with van der Waals surface area (Å²) in [5.41, 5.74) is 1.72. The summed E-state index contributed by atoms with van der Waals surface area (Å²) in [6.07, 6.45) is 0. The van der Waals surface area contributed by atoms with Crippen molar-refractivity contribution in [3.8, 4) is 22.8 Å². The highest BCUT2D eigenvalue weighted by Crippen LogP contribution is 2.26. The fraction of sp³-hybridized carbons (Fsp3) is 0.111. The summed E-state index contributed by atoms with van der Waals surface area (Å²) in [5.74, 6) is 0.959. The molecule has 0 aliphatic carbocycles. The van der Waals surface area contributed by atoms with E-state index in [-0.39, 0.29) is 12.5 Å². The van der Waals surface area contributed by atoms with Crippen LogP contribution in [0.25, 0.3) is 11.3 Å². The number of ether oxygens (including phenoxy) is 2. The van der Waals surface area contributed by atoms with E-state index >= 15 is 0 Å². The van der Waals surface area contributed by atoms with Crippen molar-refractivity contribution in [1.82, 2.24) is 4.98 Å². The number of nitrogens with one attached hydrogen (secondary N) is 1. The number of nitrogens with zero attached hydrogens (tertiary/aromatic N) is 1. The zero-order chi connectivity index (χ0) is 17.6. The molecule has 1 heterocycles.